The molecule has 1 rings (SSSR count). The zero-order chi connectivity index (χ0) is 11.3. The first-order valence-corrected chi connectivity index (χ1v) is 4.41. The van der Waals surface area contributed by atoms with Crippen molar-refractivity contribution in [2.24, 2.45) is 0 Å². The van der Waals surface area contributed by atoms with E-state index in [1.54, 1.807) is 43.2 Å². The minimum absolute atomic E-state index is 0.0875. The van der Waals surface area contributed by atoms with Crippen LogP contribution in [0.1, 0.15) is 10.4 Å². The van der Waals surface area contributed by atoms with Gasteiger partial charge in [-0.25, -0.2) is 0 Å². The summed E-state index contributed by atoms with van der Waals surface area (Å²) >= 11 is 0. The number of amides is 1. The van der Waals surface area contributed by atoms with Crippen molar-refractivity contribution < 1.29 is 18.9 Å². The predicted molar refractivity (Wildman–Crippen MR) is 51.8 cm³/mol. The fraction of sp³-hybridized carbons (Fsp3) is 0.300. The van der Waals surface area contributed by atoms with E-state index < -0.39 is 0 Å². The summed E-state index contributed by atoms with van der Waals surface area (Å²) in [6, 6.07) is 3.44. The smallest absolute Gasteiger partial charge is 0.297 e. The molecule has 0 aliphatic rings. The fourth-order valence-corrected chi connectivity index (χ4v) is 1.10. The normalized spacial score (nSPS) is 9.47. The van der Waals surface area contributed by atoms with Crippen LogP contribution in [0.3, 0.4) is 0 Å². The Kier molecular flexibility index (Phi) is 3.79. The Labute approximate surface area is 87.9 Å². The SMILES string of the molecule is CN(C)C(=O)c1ccc[n+](COC=O)c1. The molecule has 1 amide bonds. The predicted octanol–water partition coefficient (Wildman–Crippen LogP) is -0.194. The van der Waals surface area contributed by atoms with Crippen LogP contribution < -0.4 is 4.57 Å². The van der Waals surface area contributed by atoms with Gasteiger partial charge in [0.05, 0.1) is 0 Å². The molecule has 0 atom stereocenters. The van der Waals surface area contributed by atoms with Crippen LogP contribution in [-0.2, 0) is 16.3 Å². The third-order valence-corrected chi connectivity index (χ3v) is 1.80. The van der Waals surface area contributed by atoms with Gasteiger partial charge in [0.2, 0.25) is 0 Å². The highest BCUT2D eigenvalue weighted by Crippen LogP contribution is 1.98. The first-order chi connectivity index (χ1) is 7.15. The van der Waals surface area contributed by atoms with E-state index in [9.17, 15) is 9.59 Å². The lowest BCUT2D eigenvalue weighted by atomic mass is 10.2. The van der Waals surface area contributed by atoms with E-state index >= 15 is 0 Å². The number of pyridine rings is 1. The zero-order valence-corrected chi connectivity index (χ0v) is 8.71. The largest absolute Gasteiger partial charge is 0.407 e. The second-order valence-electron chi connectivity index (χ2n) is 3.20. The van der Waals surface area contributed by atoms with E-state index in [-0.39, 0.29) is 12.6 Å². The molecule has 0 radical (unpaired) electrons. The van der Waals surface area contributed by atoms with Crippen molar-refractivity contribution in [1.82, 2.24) is 4.90 Å². The molecule has 80 valence electrons. The summed E-state index contributed by atoms with van der Waals surface area (Å²) in [5.74, 6) is -0.0875. The van der Waals surface area contributed by atoms with Gasteiger partial charge in [-0.15, -0.1) is 0 Å². The summed E-state index contributed by atoms with van der Waals surface area (Å²) in [6.07, 6.45) is 3.35. The van der Waals surface area contributed by atoms with E-state index in [1.165, 1.54) is 4.90 Å². The molecule has 1 aromatic rings. The Morgan fingerprint density at radius 3 is 2.93 bits per heavy atom. The van der Waals surface area contributed by atoms with E-state index in [0.29, 0.717) is 12.0 Å². The second-order valence-corrected chi connectivity index (χ2v) is 3.20. The van der Waals surface area contributed by atoms with Crippen molar-refractivity contribution in [2.75, 3.05) is 14.1 Å². The Balaban J connectivity index is 2.82. The van der Waals surface area contributed by atoms with Crippen molar-refractivity contribution >= 4 is 12.4 Å². The van der Waals surface area contributed by atoms with Crippen molar-refractivity contribution in [1.29, 1.82) is 0 Å². The van der Waals surface area contributed by atoms with Gasteiger partial charge in [0, 0.05) is 20.2 Å². The Bertz CT molecular complexity index is 363. The van der Waals surface area contributed by atoms with E-state index in [1.807, 2.05) is 0 Å². The highest BCUT2D eigenvalue weighted by atomic mass is 16.5. The average molecular weight is 209 g/mol. The van der Waals surface area contributed by atoms with Crippen LogP contribution in [0, 0.1) is 0 Å². The van der Waals surface area contributed by atoms with Crippen molar-refractivity contribution in [3.8, 4) is 0 Å². The number of nitrogens with zero attached hydrogens (tertiary/aromatic N) is 2. The third-order valence-electron chi connectivity index (χ3n) is 1.80. The molecule has 0 saturated heterocycles. The summed E-state index contributed by atoms with van der Waals surface area (Å²) in [4.78, 5) is 23.1. The van der Waals surface area contributed by atoms with E-state index in [4.69, 9.17) is 0 Å². The topological polar surface area (TPSA) is 50.5 Å². The van der Waals surface area contributed by atoms with Gasteiger partial charge in [-0.1, -0.05) is 0 Å². The van der Waals surface area contributed by atoms with Crippen molar-refractivity contribution in [3.05, 3.63) is 30.1 Å². The van der Waals surface area contributed by atoms with Crippen LogP contribution in [-0.4, -0.2) is 31.4 Å². The number of rotatable bonds is 4. The Morgan fingerprint density at radius 1 is 1.60 bits per heavy atom. The lowest BCUT2D eigenvalue weighted by molar-refractivity contribution is -0.727. The van der Waals surface area contributed by atoms with Crippen molar-refractivity contribution in [3.63, 3.8) is 0 Å². The lowest BCUT2D eigenvalue weighted by Gasteiger charge is -2.08. The molecule has 0 aliphatic carbocycles. The Morgan fingerprint density at radius 2 is 2.33 bits per heavy atom. The minimum Gasteiger partial charge on any atom is -0.407 e. The van der Waals surface area contributed by atoms with Gasteiger partial charge in [0.25, 0.3) is 19.1 Å². The molecule has 0 aromatic carbocycles. The highest BCUT2D eigenvalue weighted by molar-refractivity contribution is 5.93. The summed E-state index contributed by atoms with van der Waals surface area (Å²) in [5.41, 5.74) is 0.553. The highest BCUT2D eigenvalue weighted by Gasteiger charge is 2.11. The third kappa shape index (κ3) is 3.05. The number of ether oxygens (including phenoxy) is 1. The van der Waals surface area contributed by atoms with Gasteiger partial charge in [-0.05, 0) is 6.07 Å². The first-order valence-electron chi connectivity index (χ1n) is 4.41. The number of aromatic nitrogens is 1. The molecule has 5 heteroatoms. The molecule has 0 saturated carbocycles. The molecule has 0 aliphatic heterocycles. The second kappa shape index (κ2) is 5.09. The lowest BCUT2D eigenvalue weighted by Crippen LogP contribution is -2.36. The number of hydrogen-bond donors (Lipinski definition) is 0. The first kappa shape index (κ1) is 11.2. The van der Waals surface area contributed by atoms with Crippen LogP contribution in [0.2, 0.25) is 0 Å². The van der Waals surface area contributed by atoms with Gasteiger partial charge >= 0.3 is 0 Å². The molecule has 0 fully saturated rings. The van der Waals surface area contributed by atoms with Gasteiger partial charge in [0.15, 0.2) is 12.4 Å². The summed E-state index contributed by atoms with van der Waals surface area (Å²) in [6.45, 7) is 0.478. The van der Waals surface area contributed by atoms with Crippen LogP contribution in [0.15, 0.2) is 24.5 Å². The molecule has 0 unspecified atom stereocenters. The van der Waals surface area contributed by atoms with Gasteiger partial charge in [-0.2, -0.15) is 4.57 Å². The number of hydrogen-bond acceptors (Lipinski definition) is 3. The average Bonchev–Trinajstić information content (AvgIpc) is 2.25. The molecular formula is C10H13N2O3+. The monoisotopic (exact) mass is 209 g/mol. The number of carbonyl (C=O) groups excluding carboxylic acids is 2. The van der Waals surface area contributed by atoms with Crippen molar-refractivity contribution in [2.45, 2.75) is 6.73 Å². The van der Waals surface area contributed by atoms with Crippen LogP contribution in [0.5, 0.6) is 0 Å². The summed E-state index contributed by atoms with van der Waals surface area (Å²) in [5, 5.41) is 0. The maximum Gasteiger partial charge on any atom is 0.297 e. The maximum absolute atomic E-state index is 11.6. The zero-order valence-electron chi connectivity index (χ0n) is 8.71. The summed E-state index contributed by atoms with van der Waals surface area (Å²) < 4.78 is 6.19. The summed E-state index contributed by atoms with van der Waals surface area (Å²) in [7, 11) is 3.36. The molecular weight excluding hydrogens is 196 g/mol. The quantitative estimate of drug-likeness (QED) is 0.510. The maximum atomic E-state index is 11.6. The molecule has 5 nitrogen and oxygen atoms in total. The van der Waals surface area contributed by atoms with E-state index in [2.05, 4.69) is 4.74 Å². The standard InChI is InChI=1S/C10H13N2O3/c1-11(2)10(14)9-4-3-5-12(6-9)7-15-8-13/h3-6,8H,7H2,1-2H3/q+1. The molecule has 0 spiro atoms. The molecule has 1 heterocycles. The number of carbonyl (C=O) groups is 2. The molecule has 0 bridgehead atoms. The fourth-order valence-electron chi connectivity index (χ4n) is 1.10. The Hall–Kier alpha value is -1.91. The molecule has 0 N–H and O–H groups in total. The molecule has 1 aromatic heterocycles. The minimum atomic E-state index is -0.0875. The van der Waals surface area contributed by atoms with Crippen LogP contribution in [0.25, 0.3) is 0 Å². The molecule has 15 heavy (non-hydrogen) atoms. The van der Waals surface area contributed by atoms with Crippen LogP contribution >= 0.6 is 0 Å². The van der Waals surface area contributed by atoms with Crippen LogP contribution in [0.4, 0.5) is 0 Å². The van der Waals surface area contributed by atoms with Gasteiger partial charge in [0.1, 0.15) is 5.56 Å². The van der Waals surface area contributed by atoms with E-state index in [0.717, 1.165) is 0 Å². The van der Waals surface area contributed by atoms with Gasteiger partial charge in [-0.3, -0.25) is 9.59 Å². The van der Waals surface area contributed by atoms with Gasteiger partial charge < -0.3 is 9.64 Å².